The lowest BCUT2D eigenvalue weighted by molar-refractivity contribution is -0.385. The number of rotatable bonds is 8. The van der Waals surface area contributed by atoms with Crippen LogP contribution in [-0.2, 0) is 9.53 Å². The second kappa shape index (κ2) is 8.57. The Balaban J connectivity index is 2.93. The molecule has 0 radical (unpaired) electrons. The molecule has 0 heterocycles. The fourth-order valence-electron chi connectivity index (χ4n) is 1.82. The first-order chi connectivity index (χ1) is 10.8. The van der Waals surface area contributed by atoms with Crippen LogP contribution < -0.4 is 5.32 Å². The first-order valence-electron chi connectivity index (χ1n) is 6.97. The van der Waals surface area contributed by atoms with E-state index in [1.54, 1.807) is 0 Å². The third-order valence-electron chi connectivity index (χ3n) is 3.00. The van der Waals surface area contributed by atoms with Gasteiger partial charge in [-0.2, -0.15) is 0 Å². The number of nitro benzene ring substituents is 1. The molecular formula is C14H18N2O7. The van der Waals surface area contributed by atoms with Crippen LogP contribution in [0.1, 0.15) is 37.8 Å². The lowest BCUT2D eigenvalue weighted by atomic mass is 10.0. The van der Waals surface area contributed by atoms with Gasteiger partial charge in [-0.1, -0.05) is 19.4 Å². The Morgan fingerprint density at radius 1 is 1.43 bits per heavy atom. The van der Waals surface area contributed by atoms with Gasteiger partial charge < -0.3 is 20.3 Å². The molecule has 1 rings (SSSR count). The van der Waals surface area contributed by atoms with E-state index in [2.05, 4.69) is 5.32 Å². The van der Waals surface area contributed by atoms with Crippen LogP contribution in [0.2, 0.25) is 0 Å². The van der Waals surface area contributed by atoms with E-state index in [0.29, 0.717) is 6.42 Å². The number of nitrogens with one attached hydrogen (secondary N) is 1. The minimum Gasteiger partial charge on any atom is -0.502 e. The molecule has 1 aromatic rings. The molecule has 9 heteroatoms. The SMILES string of the molecule is CCCCOC(=O)NC(CC(=O)O)c1ccc(O)c([N+](=O)[O-])c1. The number of nitrogens with zero attached hydrogens (tertiary/aromatic N) is 1. The minimum atomic E-state index is -1.19. The van der Waals surface area contributed by atoms with Gasteiger partial charge in [0, 0.05) is 6.07 Å². The predicted molar refractivity (Wildman–Crippen MR) is 79.1 cm³/mol. The molecule has 3 N–H and O–H groups in total. The van der Waals surface area contributed by atoms with Crippen LogP contribution in [0.5, 0.6) is 5.75 Å². The average molecular weight is 326 g/mol. The molecule has 0 aliphatic heterocycles. The number of aromatic hydroxyl groups is 1. The van der Waals surface area contributed by atoms with Crippen molar-refractivity contribution in [2.75, 3.05) is 6.61 Å². The maximum atomic E-state index is 11.7. The lowest BCUT2D eigenvalue weighted by Gasteiger charge is -2.17. The highest BCUT2D eigenvalue weighted by atomic mass is 16.6. The molecule has 1 aromatic carbocycles. The molecule has 0 saturated carbocycles. The number of alkyl carbamates (subject to hydrolysis) is 1. The maximum absolute atomic E-state index is 11.7. The van der Waals surface area contributed by atoms with Crippen LogP contribution in [-0.4, -0.2) is 33.8 Å². The zero-order valence-electron chi connectivity index (χ0n) is 12.5. The van der Waals surface area contributed by atoms with Crippen LogP contribution >= 0.6 is 0 Å². The summed E-state index contributed by atoms with van der Waals surface area (Å²) in [6, 6.07) is 2.39. The van der Waals surface area contributed by atoms with Gasteiger partial charge in [0.15, 0.2) is 5.75 Å². The largest absolute Gasteiger partial charge is 0.502 e. The van der Waals surface area contributed by atoms with E-state index in [1.807, 2.05) is 6.92 Å². The van der Waals surface area contributed by atoms with Gasteiger partial charge in [-0.25, -0.2) is 4.79 Å². The normalized spacial score (nSPS) is 11.5. The third-order valence-corrected chi connectivity index (χ3v) is 3.00. The molecule has 126 valence electrons. The van der Waals surface area contributed by atoms with E-state index in [1.165, 1.54) is 6.07 Å². The van der Waals surface area contributed by atoms with Crippen LogP contribution in [0.3, 0.4) is 0 Å². The summed E-state index contributed by atoms with van der Waals surface area (Å²) in [5.41, 5.74) is -0.386. The van der Waals surface area contributed by atoms with Gasteiger partial charge in [0.1, 0.15) is 0 Å². The molecule has 1 amide bonds. The highest BCUT2D eigenvalue weighted by molar-refractivity contribution is 5.72. The number of amides is 1. The van der Waals surface area contributed by atoms with E-state index in [9.17, 15) is 24.8 Å². The maximum Gasteiger partial charge on any atom is 0.407 e. The van der Waals surface area contributed by atoms with Crippen molar-refractivity contribution in [3.05, 3.63) is 33.9 Å². The second-order valence-corrected chi connectivity index (χ2v) is 4.79. The highest BCUT2D eigenvalue weighted by Crippen LogP contribution is 2.30. The molecule has 1 unspecified atom stereocenters. The Bertz CT molecular complexity index is 588. The molecule has 0 aliphatic carbocycles. The zero-order chi connectivity index (χ0) is 17.4. The Morgan fingerprint density at radius 3 is 2.70 bits per heavy atom. The molecule has 1 atom stereocenters. The number of nitro groups is 1. The summed E-state index contributed by atoms with van der Waals surface area (Å²) >= 11 is 0. The first-order valence-corrected chi connectivity index (χ1v) is 6.97. The van der Waals surface area contributed by atoms with Gasteiger partial charge in [0.25, 0.3) is 0 Å². The monoisotopic (exact) mass is 326 g/mol. The molecule has 0 aliphatic rings. The Labute approximate surface area is 132 Å². The van der Waals surface area contributed by atoms with Crippen molar-refractivity contribution in [2.45, 2.75) is 32.2 Å². The predicted octanol–water partition coefficient (Wildman–Crippen LogP) is 2.34. The van der Waals surface area contributed by atoms with E-state index < -0.39 is 40.9 Å². The number of hydrogen-bond acceptors (Lipinski definition) is 6. The Kier molecular flexibility index (Phi) is 6.78. The van der Waals surface area contributed by atoms with Crippen molar-refractivity contribution in [1.29, 1.82) is 0 Å². The van der Waals surface area contributed by atoms with Gasteiger partial charge in [-0.3, -0.25) is 14.9 Å². The average Bonchev–Trinajstić information content (AvgIpc) is 2.46. The van der Waals surface area contributed by atoms with Gasteiger partial charge >= 0.3 is 17.7 Å². The van der Waals surface area contributed by atoms with Gasteiger partial charge in [0.2, 0.25) is 0 Å². The van der Waals surface area contributed by atoms with Crippen molar-refractivity contribution < 1.29 is 29.5 Å². The number of ether oxygens (including phenoxy) is 1. The molecule has 0 fully saturated rings. The Hall–Kier alpha value is -2.84. The number of carboxylic acid groups (broad SMARTS) is 1. The summed E-state index contributed by atoms with van der Waals surface area (Å²) in [6.07, 6.45) is 0.211. The number of carbonyl (C=O) groups is 2. The van der Waals surface area contributed by atoms with Crippen LogP contribution in [0.15, 0.2) is 18.2 Å². The van der Waals surface area contributed by atoms with Gasteiger partial charge in [-0.05, 0) is 18.1 Å². The number of aliphatic carboxylic acids is 1. The smallest absolute Gasteiger partial charge is 0.407 e. The van der Waals surface area contributed by atoms with Gasteiger partial charge in [-0.15, -0.1) is 0 Å². The summed E-state index contributed by atoms with van der Waals surface area (Å²) in [5, 5.41) is 31.5. The third kappa shape index (κ3) is 5.81. The van der Waals surface area contributed by atoms with Crippen molar-refractivity contribution in [1.82, 2.24) is 5.32 Å². The number of hydrogen-bond donors (Lipinski definition) is 3. The number of phenols is 1. The number of unbranched alkanes of at least 4 members (excludes halogenated alkanes) is 1. The lowest BCUT2D eigenvalue weighted by Crippen LogP contribution is -2.31. The molecule has 9 nitrogen and oxygen atoms in total. The zero-order valence-corrected chi connectivity index (χ0v) is 12.5. The van der Waals surface area contributed by atoms with E-state index >= 15 is 0 Å². The standard InChI is InChI=1S/C14H18N2O7/c1-2-3-6-23-14(20)15-10(8-13(18)19)9-4-5-12(17)11(7-9)16(21)22/h4-5,7,10,17H,2-3,6,8H2,1H3,(H,15,20)(H,18,19). The Morgan fingerprint density at radius 2 is 2.13 bits per heavy atom. The molecular weight excluding hydrogens is 308 g/mol. The van der Waals surface area contributed by atoms with Crippen LogP contribution in [0.25, 0.3) is 0 Å². The van der Waals surface area contributed by atoms with Crippen molar-refractivity contribution in [3.63, 3.8) is 0 Å². The van der Waals surface area contributed by atoms with Crippen LogP contribution in [0.4, 0.5) is 10.5 Å². The van der Waals surface area contributed by atoms with Crippen molar-refractivity contribution in [3.8, 4) is 5.75 Å². The molecule has 23 heavy (non-hydrogen) atoms. The molecule has 0 bridgehead atoms. The summed E-state index contributed by atoms with van der Waals surface area (Å²) in [7, 11) is 0. The summed E-state index contributed by atoms with van der Waals surface area (Å²) in [6.45, 7) is 2.11. The fraction of sp³-hybridized carbons (Fsp3) is 0.429. The summed E-state index contributed by atoms with van der Waals surface area (Å²) in [5.74, 6) is -1.74. The van der Waals surface area contributed by atoms with Gasteiger partial charge in [0.05, 0.1) is 24.0 Å². The number of phenolic OH excluding ortho intramolecular Hbond substituents is 1. The summed E-state index contributed by atoms with van der Waals surface area (Å²) in [4.78, 5) is 32.6. The van der Waals surface area contributed by atoms with E-state index in [-0.39, 0.29) is 12.2 Å². The fourth-order valence-corrected chi connectivity index (χ4v) is 1.82. The number of benzene rings is 1. The number of carbonyl (C=O) groups excluding carboxylic acids is 1. The summed E-state index contributed by atoms with van der Waals surface area (Å²) < 4.78 is 4.89. The highest BCUT2D eigenvalue weighted by Gasteiger charge is 2.22. The molecule has 0 aromatic heterocycles. The van der Waals surface area contributed by atoms with Crippen molar-refractivity contribution >= 4 is 17.7 Å². The van der Waals surface area contributed by atoms with Crippen LogP contribution in [0, 0.1) is 10.1 Å². The van der Waals surface area contributed by atoms with E-state index in [0.717, 1.165) is 18.6 Å². The molecule has 0 spiro atoms. The van der Waals surface area contributed by atoms with Crippen molar-refractivity contribution in [2.24, 2.45) is 0 Å². The number of carboxylic acids is 1. The van der Waals surface area contributed by atoms with E-state index in [4.69, 9.17) is 9.84 Å². The minimum absolute atomic E-state index is 0.185. The first kappa shape index (κ1) is 18.2. The molecule has 0 saturated heterocycles. The topological polar surface area (TPSA) is 139 Å². The second-order valence-electron chi connectivity index (χ2n) is 4.79. The quantitative estimate of drug-likeness (QED) is 0.378.